The van der Waals surface area contributed by atoms with E-state index in [0.717, 1.165) is 101 Å². The van der Waals surface area contributed by atoms with Crippen molar-refractivity contribution in [1.82, 2.24) is 42.8 Å². The molecule has 2 aliphatic heterocycles. The molecule has 11 heteroatoms. The zero-order valence-electron chi connectivity index (χ0n) is 77.8. The minimum Gasteiger partial charge on any atom is -0.313 e. The van der Waals surface area contributed by atoms with E-state index in [4.69, 9.17) is 15.0 Å². The number of aromatic nitrogens is 9. The van der Waals surface area contributed by atoms with E-state index >= 15 is 0 Å². The minimum atomic E-state index is -1.77. The average molecular weight is 1830 g/mol. The summed E-state index contributed by atoms with van der Waals surface area (Å²) in [4.78, 5) is 19.8. The second-order valence-electron chi connectivity index (χ2n) is 38.7. The molecule has 0 bridgehead atoms. The third-order valence-electron chi connectivity index (χ3n) is 30.5. The SMILES string of the molecule is C1=CC2c3c(c4ccccc4n3-c3ccc(-c4ccc(-c5ccc6ccc7cccnc7c6n5)cc4)cc3)C(c3ccccc3)(c3ccccc3)C2C=C1.C[Si]1(C)c2ccccc2-c2cc3c(cc21)c1ccccc1n3-c1ccc(-c2nc3ccccc3n2-c2ccccc2)cc1.C[Si]1(C)c2ccccc2-c2cc3c(cc21)c1ccccc1n3-c1ccc(-n2c(-c3ccccc3)nc3ccccc32)cc1. The molecule has 9 heterocycles. The van der Waals surface area contributed by atoms with E-state index in [1.165, 1.54) is 116 Å². The highest BCUT2D eigenvalue weighted by molar-refractivity contribution is 7.04. The Morgan fingerprint density at radius 1 is 0.257 bits per heavy atom. The van der Waals surface area contributed by atoms with Crippen molar-refractivity contribution in [2.24, 2.45) is 5.92 Å². The molecule has 29 rings (SSSR count). The van der Waals surface area contributed by atoms with Crippen LogP contribution >= 0.6 is 0 Å². The number of hydrogen-bond donors (Lipinski definition) is 0. The fourth-order valence-electron chi connectivity index (χ4n) is 24.0. The van der Waals surface area contributed by atoms with Crippen molar-refractivity contribution < 1.29 is 0 Å². The molecule has 9 nitrogen and oxygen atoms in total. The van der Waals surface area contributed by atoms with E-state index in [2.05, 4.69) is 515 Å². The van der Waals surface area contributed by atoms with Gasteiger partial charge in [-0.15, -0.1) is 0 Å². The van der Waals surface area contributed by atoms with Crippen molar-refractivity contribution in [3.05, 3.63) is 502 Å². The number of rotatable bonds is 11. The van der Waals surface area contributed by atoms with Gasteiger partial charge in [0.25, 0.3) is 0 Å². The predicted octanol–water partition coefficient (Wildman–Crippen LogP) is 29.4. The second kappa shape index (κ2) is 32.5. The van der Waals surface area contributed by atoms with Gasteiger partial charge in [0.1, 0.15) is 27.8 Å². The maximum Gasteiger partial charge on any atom is 0.145 e. The summed E-state index contributed by atoms with van der Waals surface area (Å²) in [5, 5.41) is 14.9. The molecule has 662 valence electrons. The Balaban J connectivity index is 0.000000106. The van der Waals surface area contributed by atoms with Crippen LogP contribution in [-0.2, 0) is 5.41 Å². The van der Waals surface area contributed by atoms with Gasteiger partial charge in [0.05, 0.1) is 71.8 Å². The lowest BCUT2D eigenvalue weighted by molar-refractivity contribution is 0.455. The van der Waals surface area contributed by atoms with E-state index in [9.17, 15) is 0 Å². The van der Waals surface area contributed by atoms with Crippen molar-refractivity contribution >= 4 is 135 Å². The topological polar surface area (TPSA) is 76.2 Å². The maximum atomic E-state index is 5.09. The summed E-state index contributed by atoms with van der Waals surface area (Å²) in [6, 6.07) is 163. The molecule has 0 N–H and O–H groups in total. The van der Waals surface area contributed by atoms with Crippen molar-refractivity contribution in [1.29, 1.82) is 0 Å². The fourth-order valence-corrected chi connectivity index (χ4v) is 30.2. The molecule has 140 heavy (non-hydrogen) atoms. The van der Waals surface area contributed by atoms with Crippen LogP contribution in [0.4, 0.5) is 0 Å². The lowest BCUT2D eigenvalue weighted by Gasteiger charge is -2.39. The van der Waals surface area contributed by atoms with Gasteiger partial charge in [-0.05, 0) is 210 Å². The van der Waals surface area contributed by atoms with Crippen LogP contribution in [0.15, 0.2) is 479 Å². The second-order valence-corrected chi connectivity index (χ2v) is 47.3. The molecular formula is C129H93N9Si2. The average Bonchev–Trinajstić information content (AvgIpc) is 1.50. The van der Waals surface area contributed by atoms with Crippen molar-refractivity contribution in [3.8, 4) is 95.9 Å². The lowest BCUT2D eigenvalue weighted by atomic mass is 9.62. The highest BCUT2D eigenvalue weighted by atomic mass is 28.3. The third kappa shape index (κ3) is 12.8. The molecule has 2 unspecified atom stereocenters. The van der Waals surface area contributed by atoms with Crippen LogP contribution in [0.2, 0.25) is 26.2 Å². The largest absolute Gasteiger partial charge is 0.313 e. The standard InChI is InChI=1S/C51H35N3.2C39H29N3Si/c1-3-13-39(14-4-1)51(40-15-5-2-6-16-40)44-19-9-7-17-42(44)50-47(51)43-18-8-10-20-46(43)54(50)41-30-27-35(28-31-41)34-21-23-36(24-22-34)45-32-29-38-26-25-37-12-11-33-52-48(37)49(38)53-45;1-43(2)37-19-11-7-15-30(37)32-24-36-31(25-38(32)43)29-14-6-9-17-34(29)41(36)28-22-20-26(21-23-28)39-40-33-16-8-10-18-35(33)42(39)27-12-4-3-5-13-27;1-43(2)37-19-11-7-15-30(37)32-24-36-31(25-38(32)43)29-14-6-9-17-34(29)41(36)27-20-22-28(23-21-27)42-35-18-10-8-16-33(35)40-39(42)26-12-4-3-5-13-26/h1-33,42,44H;2*3-25H,1-2H3. The molecule has 0 saturated carbocycles. The normalized spacial score (nSPS) is 14.8. The predicted molar refractivity (Wildman–Crippen MR) is 588 cm³/mol. The monoisotopic (exact) mass is 1820 g/mol. The first-order valence-electron chi connectivity index (χ1n) is 48.6. The molecule has 4 aliphatic rings. The van der Waals surface area contributed by atoms with Crippen LogP contribution in [0.5, 0.6) is 0 Å². The summed E-state index contributed by atoms with van der Waals surface area (Å²) < 4.78 is 11.9. The number of allylic oxidation sites excluding steroid dienone is 4. The molecule has 25 aromatic rings. The summed E-state index contributed by atoms with van der Waals surface area (Å²) in [7, 11) is -3.54. The van der Waals surface area contributed by atoms with Crippen molar-refractivity contribution in [2.75, 3.05) is 0 Å². The number of imidazole rings is 2. The lowest BCUT2D eigenvalue weighted by Crippen LogP contribution is -2.49. The minimum absolute atomic E-state index is 0.211. The van der Waals surface area contributed by atoms with Crippen LogP contribution < -0.4 is 20.7 Å². The number of fused-ring (bicyclic) bond motifs is 22. The zero-order chi connectivity index (χ0) is 93.1. The Kier molecular flexibility index (Phi) is 19.1. The Labute approximate surface area is 813 Å². The van der Waals surface area contributed by atoms with Crippen LogP contribution in [-0.4, -0.2) is 58.9 Å². The van der Waals surface area contributed by atoms with Crippen LogP contribution in [0, 0.1) is 5.92 Å². The molecule has 0 saturated heterocycles. The maximum absolute atomic E-state index is 5.09. The summed E-state index contributed by atoms with van der Waals surface area (Å²) in [5.41, 5.74) is 35.3. The van der Waals surface area contributed by atoms with Crippen molar-refractivity contribution in [2.45, 2.75) is 37.5 Å². The number of hydrogen-bond acceptors (Lipinski definition) is 4. The number of nitrogens with zero attached hydrogens (tertiary/aromatic N) is 9. The van der Waals surface area contributed by atoms with Crippen molar-refractivity contribution in [3.63, 3.8) is 0 Å². The molecule has 18 aromatic carbocycles. The number of para-hydroxylation sites is 8. The van der Waals surface area contributed by atoms with Gasteiger partial charge in [-0.25, -0.2) is 15.0 Å². The quantitative estimate of drug-likeness (QED) is 0.0955. The van der Waals surface area contributed by atoms with E-state index in [0.29, 0.717) is 0 Å². The van der Waals surface area contributed by atoms with Gasteiger partial charge in [0.15, 0.2) is 0 Å². The fraction of sp³-hybridized carbons (Fsp3) is 0.0543. The van der Waals surface area contributed by atoms with Crippen LogP contribution in [0.25, 0.3) is 194 Å². The molecule has 7 aromatic heterocycles. The number of pyridine rings is 2. The Morgan fingerprint density at radius 2 is 0.650 bits per heavy atom. The van der Waals surface area contributed by atoms with Gasteiger partial charge in [0.2, 0.25) is 0 Å². The smallest absolute Gasteiger partial charge is 0.145 e. The van der Waals surface area contributed by atoms with E-state index in [1.807, 2.05) is 18.3 Å². The molecular weight excluding hydrogens is 1730 g/mol. The summed E-state index contributed by atoms with van der Waals surface area (Å²) in [5.74, 6) is 2.34. The molecule has 0 fully saturated rings. The van der Waals surface area contributed by atoms with Gasteiger partial charge >= 0.3 is 0 Å². The van der Waals surface area contributed by atoms with Gasteiger partial charge in [-0.2, -0.15) is 0 Å². The Hall–Kier alpha value is -17.2. The van der Waals surface area contributed by atoms with Gasteiger partial charge in [-0.3, -0.25) is 14.1 Å². The summed E-state index contributed by atoms with van der Waals surface area (Å²) >= 11 is 0. The first kappa shape index (κ1) is 82.3. The van der Waals surface area contributed by atoms with E-state index in [-0.39, 0.29) is 17.3 Å². The molecule has 0 amide bonds. The third-order valence-corrected chi connectivity index (χ3v) is 37.5. The first-order valence-corrected chi connectivity index (χ1v) is 54.6. The zero-order valence-corrected chi connectivity index (χ0v) is 79.8. The molecule has 2 atom stereocenters. The Morgan fingerprint density at radius 3 is 1.19 bits per heavy atom. The summed E-state index contributed by atoms with van der Waals surface area (Å²) in [6.45, 7) is 9.96. The summed E-state index contributed by atoms with van der Waals surface area (Å²) in [6.07, 6.45) is 11.2. The van der Waals surface area contributed by atoms with Crippen LogP contribution in [0.1, 0.15) is 28.3 Å². The van der Waals surface area contributed by atoms with Gasteiger partial charge in [-0.1, -0.05) is 360 Å². The van der Waals surface area contributed by atoms with Gasteiger partial charge < -0.3 is 13.7 Å². The highest BCUT2D eigenvalue weighted by Gasteiger charge is 2.56. The Bertz CT molecular complexity index is 9300. The number of benzene rings is 18. The van der Waals surface area contributed by atoms with Crippen LogP contribution in [0.3, 0.4) is 0 Å². The first-order chi connectivity index (χ1) is 69.0. The molecule has 2 aliphatic carbocycles. The van der Waals surface area contributed by atoms with E-state index in [1.54, 1.807) is 20.7 Å². The molecule has 0 spiro atoms. The van der Waals surface area contributed by atoms with E-state index < -0.39 is 16.1 Å². The van der Waals surface area contributed by atoms with Gasteiger partial charge in [0, 0.05) is 107 Å². The molecule has 0 radical (unpaired) electrons. The highest BCUT2D eigenvalue weighted by Crippen LogP contribution is 2.63.